The highest BCUT2D eigenvalue weighted by Gasteiger charge is 2.31. The zero-order valence-electron chi connectivity index (χ0n) is 22.0. The zero-order valence-corrected chi connectivity index (χ0v) is 22.0. The van der Waals surface area contributed by atoms with Gasteiger partial charge in [0.2, 0.25) is 0 Å². The molecular formula is C30H22B2F2N8. The minimum absolute atomic E-state index is 0.200. The van der Waals surface area contributed by atoms with Crippen LogP contribution in [-0.4, -0.2) is 14.4 Å². The van der Waals surface area contributed by atoms with Gasteiger partial charge >= 0.3 is 6.98 Å². The van der Waals surface area contributed by atoms with Crippen LogP contribution in [0.4, 0.5) is 31.5 Å². The van der Waals surface area contributed by atoms with Crippen LogP contribution in [0.2, 0.25) is 0 Å². The van der Waals surface area contributed by atoms with Gasteiger partial charge in [-0.3, -0.25) is 21.6 Å². The monoisotopic (exact) mass is 554 g/mol. The molecule has 0 radical (unpaired) electrons. The normalized spacial score (nSPS) is 12.4. The number of hydrogen-bond acceptors (Lipinski definition) is 8. The molecule has 0 aromatic heterocycles. The van der Waals surface area contributed by atoms with Gasteiger partial charge in [0.15, 0.2) is 0 Å². The fourth-order valence-electron chi connectivity index (χ4n) is 5.94. The number of halogens is 2. The minimum Gasteiger partial charge on any atom is -0.426 e. The van der Waals surface area contributed by atoms with Crippen LogP contribution in [0.25, 0.3) is 21.5 Å². The molecule has 4 aromatic rings. The molecule has 8 nitrogen and oxygen atoms in total. The second kappa shape index (κ2) is 9.27. The lowest BCUT2D eigenvalue weighted by molar-refractivity contribution is 0.597. The molecule has 4 aromatic carbocycles. The van der Waals surface area contributed by atoms with E-state index in [0.29, 0.717) is 22.7 Å². The quantitative estimate of drug-likeness (QED) is 0.123. The van der Waals surface area contributed by atoms with Crippen molar-refractivity contribution in [2.24, 2.45) is 0 Å². The summed E-state index contributed by atoms with van der Waals surface area (Å²) < 4.78 is 32.4. The SMILES string of the molecule is N=c1c(BNc2cccc3cccc(N)c23)c(F)c2c(=N)c(=N)c(B3Nc4cccc5cccc(c45)N3)c(F)c=2c1=N. The van der Waals surface area contributed by atoms with Crippen molar-refractivity contribution in [2.75, 3.05) is 21.4 Å². The number of hydrogen-bond donors (Lipinski definition) is 8. The van der Waals surface area contributed by atoms with Crippen LogP contribution in [0.15, 0.2) is 72.8 Å². The zero-order chi connectivity index (χ0) is 29.3. The average molecular weight is 554 g/mol. The van der Waals surface area contributed by atoms with Crippen molar-refractivity contribution in [1.82, 2.24) is 0 Å². The van der Waals surface area contributed by atoms with Gasteiger partial charge in [-0.2, -0.15) is 0 Å². The largest absolute Gasteiger partial charge is 0.426 e. The lowest BCUT2D eigenvalue weighted by Crippen LogP contribution is -2.60. The summed E-state index contributed by atoms with van der Waals surface area (Å²) in [6.45, 7) is -0.957. The molecule has 2 aliphatic carbocycles. The summed E-state index contributed by atoms with van der Waals surface area (Å²) in [5, 5.41) is 44.6. The third kappa shape index (κ3) is 3.61. The highest BCUT2D eigenvalue weighted by Crippen LogP contribution is 2.33. The molecule has 0 saturated carbocycles. The highest BCUT2D eigenvalue weighted by molar-refractivity contribution is 6.80. The van der Waals surface area contributed by atoms with Gasteiger partial charge in [0, 0.05) is 54.9 Å². The molecule has 0 spiro atoms. The Hall–Kier alpha value is -5.51. The molecule has 1 heterocycles. The van der Waals surface area contributed by atoms with Crippen molar-refractivity contribution in [3.63, 3.8) is 0 Å². The predicted molar refractivity (Wildman–Crippen MR) is 163 cm³/mol. The van der Waals surface area contributed by atoms with Crippen molar-refractivity contribution in [3.8, 4) is 0 Å². The van der Waals surface area contributed by atoms with Crippen LogP contribution in [0.1, 0.15) is 0 Å². The maximum atomic E-state index is 16.3. The van der Waals surface area contributed by atoms with E-state index >= 15 is 8.78 Å². The number of rotatable bonds is 4. The Morgan fingerprint density at radius 2 is 1.21 bits per heavy atom. The van der Waals surface area contributed by atoms with Crippen molar-refractivity contribution < 1.29 is 8.78 Å². The Morgan fingerprint density at radius 3 is 1.88 bits per heavy atom. The summed E-state index contributed by atoms with van der Waals surface area (Å²) in [6.07, 6.45) is 0. The molecule has 1 aliphatic heterocycles. The van der Waals surface area contributed by atoms with E-state index < -0.39 is 50.5 Å². The van der Waals surface area contributed by atoms with Gasteiger partial charge in [0.05, 0.1) is 21.4 Å². The summed E-state index contributed by atoms with van der Waals surface area (Å²) >= 11 is 0. The third-order valence-electron chi connectivity index (χ3n) is 7.95. The topological polar surface area (TPSA) is 158 Å². The molecular weight excluding hydrogens is 532 g/mol. The van der Waals surface area contributed by atoms with Gasteiger partial charge in [0.1, 0.15) is 11.6 Å². The molecule has 3 aliphatic rings. The maximum Gasteiger partial charge on any atom is 0.411 e. The van der Waals surface area contributed by atoms with E-state index in [4.69, 9.17) is 27.4 Å². The first kappa shape index (κ1) is 25.5. The average Bonchev–Trinajstić information content (AvgIpc) is 2.98. The number of anilines is 4. The van der Waals surface area contributed by atoms with Gasteiger partial charge in [0.25, 0.3) is 7.41 Å². The first-order valence-electron chi connectivity index (χ1n) is 13.2. The second-order valence-electron chi connectivity index (χ2n) is 10.3. The molecule has 42 heavy (non-hydrogen) atoms. The van der Waals surface area contributed by atoms with E-state index in [9.17, 15) is 0 Å². The Kier molecular flexibility index (Phi) is 5.62. The van der Waals surface area contributed by atoms with Crippen molar-refractivity contribution in [1.29, 1.82) is 21.6 Å². The van der Waals surface area contributed by atoms with E-state index in [2.05, 4.69) is 15.7 Å². The van der Waals surface area contributed by atoms with Crippen molar-refractivity contribution >= 4 is 69.6 Å². The first-order chi connectivity index (χ1) is 20.3. The molecule has 0 fully saturated rings. The van der Waals surface area contributed by atoms with Crippen LogP contribution in [-0.2, 0) is 0 Å². The Bertz CT molecular complexity index is 2360. The van der Waals surface area contributed by atoms with Crippen LogP contribution in [0, 0.1) is 43.7 Å². The number of nitrogen functional groups attached to an aromatic ring is 1. The van der Waals surface area contributed by atoms with Gasteiger partial charge in [-0.05, 0) is 35.0 Å². The van der Waals surface area contributed by atoms with E-state index in [-0.39, 0.29) is 18.3 Å². The fourth-order valence-corrected chi connectivity index (χ4v) is 5.94. The van der Waals surface area contributed by atoms with Crippen LogP contribution < -0.4 is 53.8 Å². The van der Waals surface area contributed by atoms with Crippen LogP contribution >= 0.6 is 0 Å². The van der Waals surface area contributed by atoms with Gasteiger partial charge < -0.3 is 21.4 Å². The van der Waals surface area contributed by atoms with Crippen LogP contribution in [0.5, 0.6) is 0 Å². The van der Waals surface area contributed by atoms with Crippen LogP contribution in [0.3, 0.4) is 0 Å². The van der Waals surface area contributed by atoms with Gasteiger partial charge in [-0.15, -0.1) is 0 Å². The first-order valence-corrected chi connectivity index (χ1v) is 13.2. The summed E-state index contributed by atoms with van der Waals surface area (Å²) in [4.78, 5) is 0. The summed E-state index contributed by atoms with van der Waals surface area (Å²) in [7, 11) is -0.206. The predicted octanol–water partition coefficient (Wildman–Crippen LogP) is 1.69. The molecule has 202 valence electrons. The molecule has 0 saturated heterocycles. The Morgan fingerprint density at radius 1 is 0.667 bits per heavy atom. The Balaban J connectivity index is 1.37. The van der Waals surface area contributed by atoms with Gasteiger partial charge in [-0.1, -0.05) is 48.5 Å². The molecule has 12 heteroatoms. The summed E-state index contributed by atoms with van der Waals surface area (Å²) in [5.41, 5.74) is 8.32. The van der Waals surface area contributed by atoms with E-state index in [1.807, 2.05) is 60.7 Å². The third-order valence-corrected chi connectivity index (χ3v) is 7.95. The van der Waals surface area contributed by atoms with Crippen molar-refractivity contribution in [2.45, 2.75) is 0 Å². The molecule has 0 bridgehead atoms. The smallest absolute Gasteiger partial charge is 0.411 e. The number of nitrogens with one attached hydrogen (secondary N) is 7. The van der Waals surface area contributed by atoms with E-state index in [0.717, 1.165) is 21.5 Å². The number of fused-ring (bicyclic) bond motifs is 1. The molecule has 0 unspecified atom stereocenters. The van der Waals surface area contributed by atoms with Crippen molar-refractivity contribution in [3.05, 3.63) is 116 Å². The van der Waals surface area contributed by atoms with Gasteiger partial charge in [-0.25, -0.2) is 8.78 Å². The number of benzene rings is 4. The molecule has 0 atom stereocenters. The lowest BCUT2D eigenvalue weighted by atomic mass is 9.64. The molecule has 9 N–H and O–H groups in total. The highest BCUT2D eigenvalue weighted by atomic mass is 19.1. The summed E-state index contributed by atoms with van der Waals surface area (Å²) in [5.74, 6) is -2.02. The van der Waals surface area contributed by atoms with E-state index in [1.165, 1.54) is 0 Å². The van der Waals surface area contributed by atoms with E-state index in [1.54, 1.807) is 12.1 Å². The fraction of sp³-hybridized carbons (Fsp3) is 0. The number of nitrogens with two attached hydrogens (primary N) is 1. The lowest BCUT2D eigenvalue weighted by Gasteiger charge is -2.27. The summed E-state index contributed by atoms with van der Waals surface area (Å²) in [6, 6.07) is 22.2. The standard InChI is InChI=1S/C30H22B2F2N8/c33-25-21-22(27(36)29(38)23(25)31-40-16-10-2-6-13-5-1-9-15(35)19(13)16)26(34)24(30(39)28(21)37)32-41-17-11-3-7-14-8-4-12-18(42-32)20(14)17/h1-12,31,36-42H,35H2. The molecule has 0 amide bonds. The maximum absolute atomic E-state index is 16.3. The second-order valence-corrected chi connectivity index (χ2v) is 10.3. The minimum atomic E-state index is -1.01. The Labute approximate surface area is 237 Å². The molecule has 7 rings (SSSR count).